The Labute approximate surface area is 123 Å². The fourth-order valence-corrected chi connectivity index (χ4v) is 2.89. The number of carbonyl (C=O) groups is 1. The molecule has 1 aromatic heterocycles. The molecule has 2 aromatic rings. The summed E-state index contributed by atoms with van der Waals surface area (Å²) in [5, 5.41) is 9.87. The van der Waals surface area contributed by atoms with Gasteiger partial charge in [-0.2, -0.15) is 5.10 Å². The second-order valence-corrected chi connectivity index (χ2v) is 5.66. The SMILES string of the molecule is NC1CCCC(C(=O)Nc2cccc(-c3ccn[nH]3)c2)C1. The first-order chi connectivity index (χ1) is 10.2. The van der Waals surface area contributed by atoms with Gasteiger partial charge in [0, 0.05) is 29.4 Å². The number of nitrogens with one attached hydrogen (secondary N) is 2. The molecule has 21 heavy (non-hydrogen) atoms. The van der Waals surface area contributed by atoms with Gasteiger partial charge in [-0.1, -0.05) is 18.6 Å². The topological polar surface area (TPSA) is 83.8 Å². The Bertz CT molecular complexity index is 608. The van der Waals surface area contributed by atoms with Gasteiger partial charge >= 0.3 is 0 Å². The minimum absolute atomic E-state index is 0.0320. The van der Waals surface area contributed by atoms with Crippen molar-refractivity contribution in [2.75, 3.05) is 5.32 Å². The molecule has 110 valence electrons. The zero-order valence-corrected chi connectivity index (χ0v) is 11.9. The van der Waals surface area contributed by atoms with Crippen molar-refractivity contribution in [2.45, 2.75) is 31.7 Å². The molecule has 2 unspecified atom stereocenters. The molecule has 1 fully saturated rings. The Morgan fingerprint density at radius 2 is 2.24 bits per heavy atom. The third kappa shape index (κ3) is 3.31. The van der Waals surface area contributed by atoms with Crippen LogP contribution in [0.25, 0.3) is 11.3 Å². The van der Waals surface area contributed by atoms with Gasteiger partial charge in [-0.3, -0.25) is 9.89 Å². The van der Waals surface area contributed by atoms with Crippen LogP contribution >= 0.6 is 0 Å². The molecule has 0 saturated heterocycles. The standard InChI is InChI=1S/C16H20N4O/c17-13-5-1-4-12(9-13)16(21)19-14-6-2-3-11(10-14)15-7-8-18-20-15/h2-3,6-8,10,12-13H,1,4-5,9,17H2,(H,18,20)(H,19,21). The molecule has 2 atom stereocenters. The fraction of sp³-hybridized carbons (Fsp3) is 0.375. The number of benzene rings is 1. The summed E-state index contributed by atoms with van der Waals surface area (Å²) in [6.07, 6.45) is 5.49. The predicted octanol–water partition coefficient (Wildman–Crippen LogP) is 2.53. The third-order valence-electron chi connectivity index (χ3n) is 4.03. The number of hydrogen-bond acceptors (Lipinski definition) is 3. The van der Waals surface area contributed by atoms with Crippen LogP contribution in [-0.2, 0) is 4.79 Å². The van der Waals surface area contributed by atoms with Crippen molar-refractivity contribution in [3.63, 3.8) is 0 Å². The number of hydrogen-bond donors (Lipinski definition) is 3. The molecule has 0 radical (unpaired) electrons. The molecule has 1 amide bonds. The van der Waals surface area contributed by atoms with Crippen LogP contribution in [0.1, 0.15) is 25.7 Å². The summed E-state index contributed by atoms with van der Waals surface area (Å²) in [5.74, 6) is 0.108. The van der Waals surface area contributed by atoms with Crippen molar-refractivity contribution in [2.24, 2.45) is 11.7 Å². The van der Waals surface area contributed by atoms with E-state index in [-0.39, 0.29) is 17.9 Å². The highest BCUT2D eigenvalue weighted by molar-refractivity contribution is 5.93. The monoisotopic (exact) mass is 284 g/mol. The molecule has 0 aliphatic heterocycles. The van der Waals surface area contributed by atoms with Crippen LogP contribution in [0.4, 0.5) is 5.69 Å². The van der Waals surface area contributed by atoms with Crippen molar-refractivity contribution in [3.8, 4) is 11.3 Å². The molecule has 0 bridgehead atoms. The van der Waals surface area contributed by atoms with E-state index < -0.39 is 0 Å². The van der Waals surface area contributed by atoms with Crippen molar-refractivity contribution < 1.29 is 4.79 Å². The summed E-state index contributed by atoms with van der Waals surface area (Å²) >= 11 is 0. The maximum atomic E-state index is 12.3. The van der Waals surface area contributed by atoms with Crippen LogP contribution < -0.4 is 11.1 Å². The third-order valence-corrected chi connectivity index (χ3v) is 4.03. The second-order valence-electron chi connectivity index (χ2n) is 5.66. The molecule has 1 saturated carbocycles. The predicted molar refractivity (Wildman–Crippen MR) is 82.6 cm³/mol. The van der Waals surface area contributed by atoms with Gasteiger partial charge in [0.05, 0.1) is 5.69 Å². The number of carbonyl (C=O) groups excluding carboxylic acids is 1. The molecule has 1 aromatic carbocycles. The van der Waals surface area contributed by atoms with Gasteiger partial charge in [0.1, 0.15) is 0 Å². The number of nitrogens with two attached hydrogens (primary N) is 1. The zero-order valence-electron chi connectivity index (χ0n) is 11.9. The normalized spacial score (nSPS) is 22.0. The van der Waals surface area contributed by atoms with Crippen LogP contribution in [0, 0.1) is 5.92 Å². The van der Waals surface area contributed by atoms with Gasteiger partial charge in [0.2, 0.25) is 5.91 Å². The minimum Gasteiger partial charge on any atom is -0.328 e. The second kappa shape index (κ2) is 6.10. The maximum Gasteiger partial charge on any atom is 0.227 e. The zero-order chi connectivity index (χ0) is 14.7. The minimum atomic E-state index is 0.0320. The van der Waals surface area contributed by atoms with E-state index in [4.69, 9.17) is 5.73 Å². The quantitative estimate of drug-likeness (QED) is 0.809. The first kappa shape index (κ1) is 13.8. The Morgan fingerprint density at radius 3 is 3.00 bits per heavy atom. The van der Waals surface area contributed by atoms with Gasteiger partial charge < -0.3 is 11.1 Å². The summed E-state index contributed by atoms with van der Waals surface area (Å²) in [4.78, 5) is 12.3. The summed E-state index contributed by atoms with van der Waals surface area (Å²) in [5.41, 5.74) is 8.71. The van der Waals surface area contributed by atoms with Gasteiger partial charge in [-0.25, -0.2) is 0 Å². The number of aromatic amines is 1. The smallest absolute Gasteiger partial charge is 0.227 e. The number of rotatable bonds is 3. The van der Waals surface area contributed by atoms with Crippen LogP contribution in [0.3, 0.4) is 0 Å². The lowest BCUT2D eigenvalue weighted by molar-refractivity contribution is -0.120. The summed E-state index contributed by atoms with van der Waals surface area (Å²) in [6, 6.07) is 9.83. The molecule has 4 N–H and O–H groups in total. The molecule has 1 aliphatic rings. The highest BCUT2D eigenvalue weighted by Gasteiger charge is 2.25. The van der Waals surface area contributed by atoms with Crippen molar-refractivity contribution >= 4 is 11.6 Å². The van der Waals surface area contributed by atoms with Crippen LogP contribution in [-0.4, -0.2) is 22.1 Å². The molecular formula is C16H20N4O. The van der Waals surface area contributed by atoms with E-state index in [1.807, 2.05) is 30.3 Å². The Hall–Kier alpha value is -2.14. The Balaban J connectivity index is 1.70. The largest absolute Gasteiger partial charge is 0.328 e. The Morgan fingerprint density at radius 1 is 1.33 bits per heavy atom. The average molecular weight is 284 g/mol. The summed E-state index contributed by atoms with van der Waals surface area (Å²) in [7, 11) is 0. The molecular weight excluding hydrogens is 264 g/mol. The van der Waals surface area contributed by atoms with E-state index in [0.717, 1.165) is 42.6 Å². The summed E-state index contributed by atoms with van der Waals surface area (Å²) < 4.78 is 0. The van der Waals surface area contributed by atoms with Gasteiger partial charge in [0.25, 0.3) is 0 Å². The van der Waals surface area contributed by atoms with Crippen molar-refractivity contribution in [1.82, 2.24) is 10.2 Å². The van der Waals surface area contributed by atoms with Gasteiger partial charge in [0.15, 0.2) is 0 Å². The molecule has 5 heteroatoms. The van der Waals surface area contributed by atoms with Crippen LogP contribution in [0.5, 0.6) is 0 Å². The van der Waals surface area contributed by atoms with Crippen LogP contribution in [0.15, 0.2) is 36.5 Å². The maximum absolute atomic E-state index is 12.3. The molecule has 1 heterocycles. The molecule has 5 nitrogen and oxygen atoms in total. The number of amides is 1. The molecule has 1 aliphatic carbocycles. The number of H-pyrrole nitrogens is 1. The molecule has 0 spiro atoms. The number of anilines is 1. The number of nitrogens with zero attached hydrogens (tertiary/aromatic N) is 1. The van der Waals surface area contributed by atoms with Gasteiger partial charge in [-0.15, -0.1) is 0 Å². The van der Waals surface area contributed by atoms with Crippen molar-refractivity contribution in [1.29, 1.82) is 0 Å². The van der Waals surface area contributed by atoms with E-state index in [0.29, 0.717) is 0 Å². The first-order valence-corrected chi connectivity index (χ1v) is 7.38. The average Bonchev–Trinajstić information content (AvgIpc) is 3.02. The van der Waals surface area contributed by atoms with E-state index in [2.05, 4.69) is 15.5 Å². The lowest BCUT2D eigenvalue weighted by atomic mass is 9.85. The van der Waals surface area contributed by atoms with Crippen LogP contribution in [0.2, 0.25) is 0 Å². The van der Waals surface area contributed by atoms with Crippen molar-refractivity contribution in [3.05, 3.63) is 36.5 Å². The van der Waals surface area contributed by atoms with E-state index >= 15 is 0 Å². The first-order valence-electron chi connectivity index (χ1n) is 7.38. The Kier molecular flexibility index (Phi) is 4.01. The van der Waals surface area contributed by atoms with E-state index in [9.17, 15) is 4.79 Å². The van der Waals surface area contributed by atoms with E-state index in [1.165, 1.54) is 0 Å². The number of aromatic nitrogens is 2. The lowest BCUT2D eigenvalue weighted by Gasteiger charge is -2.25. The highest BCUT2D eigenvalue weighted by atomic mass is 16.1. The lowest BCUT2D eigenvalue weighted by Crippen LogP contribution is -2.34. The summed E-state index contributed by atoms with van der Waals surface area (Å²) in [6.45, 7) is 0. The molecule has 3 rings (SSSR count). The van der Waals surface area contributed by atoms with Gasteiger partial charge in [-0.05, 0) is 37.5 Å². The fourth-order valence-electron chi connectivity index (χ4n) is 2.89. The van der Waals surface area contributed by atoms with E-state index in [1.54, 1.807) is 6.20 Å². The highest BCUT2D eigenvalue weighted by Crippen LogP contribution is 2.25.